The minimum Gasteiger partial charge on any atom is -0.479 e. The van der Waals surface area contributed by atoms with Crippen molar-refractivity contribution in [2.45, 2.75) is 38.5 Å². The molecule has 0 radical (unpaired) electrons. The third-order valence-electron chi connectivity index (χ3n) is 2.90. The number of carbonyl (C=O) groups excluding carboxylic acids is 2. The van der Waals surface area contributed by atoms with E-state index in [1.54, 1.807) is 30.3 Å². The number of aliphatic hydroxyl groups is 1. The van der Waals surface area contributed by atoms with Gasteiger partial charge in [-0.2, -0.15) is 0 Å². The molecule has 0 heterocycles. The van der Waals surface area contributed by atoms with Crippen LogP contribution in [0.1, 0.15) is 19.4 Å². The van der Waals surface area contributed by atoms with E-state index in [9.17, 15) is 19.5 Å². The lowest BCUT2D eigenvalue weighted by molar-refractivity contribution is -0.164. The summed E-state index contributed by atoms with van der Waals surface area (Å²) in [6.45, 7) is 2.48. The van der Waals surface area contributed by atoms with Crippen molar-refractivity contribution in [1.29, 1.82) is 0 Å². The van der Waals surface area contributed by atoms with Crippen molar-refractivity contribution in [2.75, 3.05) is 0 Å². The number of nitrogens with one attached hydrogen (secondary N) is 1. The van der Waals surface area contributed by atoms with Crippen LogP contribution in [0, 0.1) is 0 Å². The number of aliphatic carboxylic acids is 1. The summed E-state index contributed by atoms with van der Waals surface area (Å²) in [5.74, 6) is -2.89. The van der Waals surface area contributed by atoms with Gasteiger partial charge >= 0.3 is 11.9 Å². The summed E-state index contributed by atoms with van der Waals surface area (Å²) in [5.41, 5.74) is 0.762. The SMILES string of the molecule is C[C@H](O)C(=O)N[C@@H](Cc1ccccc1)C(=O)O[C@H](C)C(=O)O. The monoisotopic (exact) mass is 309 g/mol. The first-order chi connectivity index (χ1) is 10.3. The smallest absolute Gasteiger partial charge is 0.344 e. The first-order valence-electron chi connectivity index (χ1n) is 6.77. The number of esters is 1. The number of benzene rings is 1. The van der Waals surface area contributed by atoms with E-state index in [0.717, 1.165) is 5.56 Å². The van der Waals surface area contributed by atoms with E-state index < -0.39 is 36.1 Å². The molecule has 3 N–H and O–H groups in total. The molecule has 0 saturated heterocycles. The third kappa shape index (κ3) is 5.53. The van der Waals surface area contributed by atoms with Crippen LogP contribution in [0.25, 0.3) is 0 Å². The van der Waals surface area contributed by atoms with Gasteiger partial charge in [-0.25, -0.2) is 9.59 Å². The Bertz CT molecular complexity index is 528. The summed E-state index contributed by atoms with van der Waals surface area (Å²) in [7, 11) is 0. The molecule has 1 aromatic carbocycles. The molecule has 3 atom stereocenters. The average Bonchev–Trinajstić information content (AvgIpc) is 2.47. The normalized spacial score (nSPS) is 14.5. The van der Waals surface area contributed by atoms with Crippen LogP contribution in [-0.2, 0) is 25.5 Å². The summed E-state index contributed by atoms with van der Waals surface area (Å²) < 4.78 is 4.79. The summed E-state index contributed by atoms with van der Waals surface area (Å²) >= 11 is 0. The van der Waals surface area contributed by atoms with E-state index >= 15 is 0 Å². The molecule has 0 spiro atoms. The number of carboxylic acids is 1. The number of rotatable bonds is 7. The predicted molar refractivity (Wildman–Crippen MR) is 76.9 cm³/mol. The van der Waals surface area contributed by atoms with Crippen LogP contribution in [0.5, 0.6) is 0 Å². The average molecular weight is 309 g/mol. The summed E-state index contributed by atoms with van der Waals surface area (Å²) in [5, 5.41) is 20.4. The molecule has 0 aliphatic rings. The van der Waals surface area contributed by atoms with Gasteiger partial charge in [-0.15, -0.1) is 0 Å². The molecule has 1 amide bonds. The minimum absolute atomic E-state index is 0.129. The van der Waals surface area contributed by atoms with Gasteiger partial charge in [0, 0.05) is 6.42 Å². The second-order valence-corrected chi connectivity index (χ2v) is 4.84. The van der Waals surface area contributed by atoms with Crippen molar-refractivity contribution in [1.82, 2.24) is 5.32 Å². The van der Waals surface area contributed by atoms with Crippen molar-refractivity contribution in [2.24, 2.45) is 0 Å². The second kappa shape index (κ2) is 8.14. The van der Waals surface area contributed by atoms with Crippen LogP contribution in [-0.4, -0.2) is 46.3 Å². The van der Waals surface area contributed by atoms with Gasteiger partial charge in [0.05, 0.1) is 0 Å². The molecule has 0 unspecified atom stereocenters. The zero-order chi connectivity index (χ0) is 16.7. The zero-order valence-corrected chi connectivity index (χ0v) is 12.4. The Balaban J connectivity index is 2.83. The van der Waals surface area contributed by atoms with E-state index in [0.29, 0.717) is 0 Å². The highest BCUT2D eigenvalue weighted by atomic mass is 16.6. The first-order valence-corrected chi connectivity index (χ1v) is 6.77. The maximum Gasteiger partial charge on any atom is 0.344 e. The number of carbonyl (C=O) groups is 3. The Morgan fingerprint density at radius 2 is 1.77 bits per heavy atom. The van der Waals surface area contributed by atoms with Crippen molar-refractivity contribution >= 4 is 17.8 Å². The third-order valence-corrected chi connectivity index (χ3v) is 2.90. The molecule has 22 heavy (non-hydrogen) atoms. The second-order valence-electron chi connectivity index (χ2n) is 4.84. The number of hydrogen-bond donors (Lipinski definition) is 3. The molecule has 0 saturated carbocycles. The molecule has 7 heteroatoms. The molecule has 0 aliphatic carbocycles. The largest absolute Gasteiger partial charge is 0.479 e. The Morgan fingerprint density at radius 1 is 1.18 bits per heavy atom. The van der Waals surface area contributed by atoms with Gasteiger partial charge in [0.2, 0.25) is 5.91 Å². The molecule has 0 aliphatic heterocycles. The Hall–Kier alpha value is -2.41. The van der Waals surface area contributed by atoms with Gasteiger partial charge < -0.3 is 20.3 Å². The fourth-order valence-corrected chi connectivity index (χ4v) is 1.64. The highest BCUT2D eigenvalue weighted by Crippen LogP contribution is 2.06. The molecule has 0 aromatic heterocycles. The molecule has 1 rings (SSSR count). The van der Waals surface area contributed by atoms with Crippen LogP contribution in [0.4, 0.5) is 0 Å². The zero-order valence-electron chi connectivity index (χ0n) is 12.4. The van der Waals surface area contributed by atoms with Gasteiger partial charge in [0.15, 0.2) is 6.10 Å². The molecular formula is C15H19NO6. The van der Waals surface area contributed by atoms with Crippen LogP contribution < -0.4 is 5.32 Å². The van der Waals surface area contributed by atoms with Gasteiger partial charge in [-0.3, -0.25) is 4.79 Å². The molecule has 7 nitrogen and oxygen atoms in total. The standard InChI is InChI=1S/C15H19NO6/c1-9(17)13(18)16-12(8-11-6-4-3-5-7-11)15(21)22-10(2)14(19)20/h3-7,9-10,12,17H,8H2,1-2H3,(H,16,18)(H,19,20)/t9-,10+,12-/m0/s1. The lowest BCUT2D eigenvalue weighted by Gasteiger charge is -2.20. The van der Waals surface area contributed by atoms with Crippen LogP contribution in [0.15, 0.2) is 30.3 Å². The number of carboxylic acid groups (broad SMARTS) is 1. The molecule has 1 aromatic rings. The quantitative estimate of drug-likeness (QED) is 0.616. The molecule has 0 bridgehead atoms. The molecule has 0 fully saturated rings. The first kappa shape index (κ1) is 17.6. The van der Waals surface area contributed by atoms with Crippen LogP contribution in [0.2, 0.25) is 0 Å². The fourth-order valence-electron chi connectivity index (χ4n) is 1.64. The molecular weight excluding hydrogens is 290 g/mol. The van der Waals surface area contributed by atoms with Crippen LogP contribution in [0.3, 0.4) is 0 Å². The van der Waals surface area contributed by atoms with E-state index in [1.165, 1.54) is 13.8 Å². The fraction of sp³-hybridized carbons (Fsp3) is 0.400. The minimum atomic E-state index is -1.32. The van der Waals surface area contributed by atoms with Crippen LogP contribution >= 0.6 is 0 Å². The lowest BCUT2D eigenvalue weighted by atomic mass is 10.1. The van der Waals surface area contributed by atoms with E-state index in [1.807, 2.05) is 0 Å². The van der Waals surface area contributed by atoms with Crippen molar-refractivity contribution < 1.29 is 29.3 Å². The van der Waals surface area contributed by atoms with Crippen molar-refractivity contribution in [3.63, 3.8) is 0 Å². The van der Waals surface area contributed by atoms with Crippen molar-refractivity contribution in [3.05, 3.63) is 35.9 Å². The number of aliphatic hydroxyl groups excluding tert-OH is 1. The highest BCUT2D eigenvalue weighted by molar-refractivity contribution is 5.87. The summed E-state index contributed by atoms with van der Waals surface area (Å²) in [6.07, 6.45) is -2.48. The Morgan fingerprint density at radius 3 is 2.27 bits per heavy atom. The van der Waals surface area contributed by atoms with E-state index in [-0.39, 0.29) is 6.42 Å². The maximum atomic E-state index is 12.0. The summed E-state index contributed by atoms with van der Waals surface area (Å²) in [4.78, 5) is 34.4. The number of hydrogen-bond acceptors (Lipinski definition) is 5. The highest BCUT2D eigenvalue weighted by Gasteiger charge is 2.27. The van der Waals surface area contributed by atoms with Gasteiger partial charge in [-0.1, -0.05) is 30.3 Å². The predicted octanol–water partition coefficient (Wildman–Crippen LogP) is 0.111. The lowest BCUT2D eigenvalue weighted by Crippen LogP contribution is -2.47. The Kier molecular flexibility index (Phi) is 6.52. The Labute approximate surface area is 127 Å². The number of amides is 1. The van der Waals surface area contributed by atoms with E-state index in [4.69, 9.17) is 9.84 Å². The number of ether oxygens (including phenoxy) is 1. The van der Waals surface area contributed by atoms with Gasteiger partial charge in [-0.05, 0) is 19.4 Å². The maximum absolute atomic E-state index is 12.0. The van der Waals surface area contributed by atoms with Gasteiger partial charge in [0.1, 0.15) is 12.1 Å². The summed E-state index contributed by atoms with van der Waals surface area (Å²) in [6, 6.07) is 7.79. The van der Waals surface area contributed by atoms with Crippen molar-refractivity contribution in [3.8, 4) is 0 Å². The van der Waals surface area contributed by atoms with Gasteiger partial charge in [0.25, 0.3) is 0 Å². The molecule has 120 valence electrons. The topological polar surface area (TPSA) is 113 Å². The van der Waals surface area contributed by atoms with E-state index in [2.05, 4.69) is 5.32 Å².